The molecule has 0 saturated heterocycles. The first-order chi connectivity index (χ1) is 9.24. The van der Waals surface area contributed by atoms with Crippen molar-refractivity contribution in [1.29, 1.82) is 0 Å². The van der Waals surface area contributed by atoms with Gasteiger partial charge in [-0.15, -0.1) is 11.3 Å². The normalized spacial score (nSPS) is 10.6. The van der Waals surface area contributed by atoms with Crippen LogP contribution < -0.4 is 10.7 Å². The second-order valence-corrected chi connectivity index (χ2v) is 5.56. The minimum atomic E-state index is -0.185. The van der Waals surface area contributed by atoms with Crippen molar-refractivity contribution in [3.05, 3.63) is 51.1 Å². The van der Waals surface area contributed by atoms with Gasteiger partial charge in [0.05, 0.1) is 12.8 Å². The Labute approximate surface area is 123 Å². The Hall–Kier alpha value is -1.66. The number of nitrogens with one attached hydrogen (secondary N) is 2. The maximum atomic E-state index is 11.5. The first-order valence-electron chi connectivity index (χ1n) is 5.59. The van der Waals surface area contributed by atoms with Crippen molar-refractivity contribution >= 4 is 45.1 Å². The van der Waals surface area contributed by atoms with Gasteiger partial charge >= 0.3 is 0 Å². The van der Waals surface area contributed by atoms with Gasteiger partial charge in [0.15, 0.2) is 0 Å². The van der Waals surface area contributed by atoms with Gasteiger partial charge in [0.25, 0.3) is 5.91 Å². The highest BCUT2D eigenvalue weighted by Gasteiger charge is 1.99. The molecule has 0 unspecified atom stereocenters. The molecule has 0 atom stereocenters. The molecule has 2 rings (SSSR count). The molecule has 1 aromatic carbocycles. The number of hydrazone groups is 1. The van der Waals surface area contributed by atoms with Crippen molar-refractivity contribution in [3.8, 4) is 0 Å². The lowest BCUT2D eigenvalue weighted by molar-refractivity contribution is -0.119. The number of nitrogens with zero attached hydrogens (tertiary/aromatic N) is 1. The minimum Gasteiger partial charge on any atom is -0.376 e. The smallest absolute Gasteiger partial charge is 0.259 e. The fraction of sp³-hybridized carbons (Fsp3) is 0.0769. The fourth-order valence-electron chi connectivity index (χ4n) is 1.32. The third kappa shape index (κ3) is 4.84. The maximum Gasteiger partial charge on any atom is 0.259 e. The summed E-state index contributed by atoms with van der Waals surface area (Å²) in [6, 6.07) is 11.5. The van der Waals surface area contributed by atoms with Crippen LogP contribution in [-0.4, -0.2) is 18.7 Å². The topological polar surface area (TPSA) is 53.5 Å². The number of amides is 1. The summed E-state index contributed by atoms with van der Waals surface area (Å²) in [6.45, 7) is 0.184. The highest BCUT2D eigenvalue weighted by Crippen LogP contribution is 2.13. The summed E-state index contributed by atoms with van der Waals surface area (Å²) in [4.78, 5) is 12.5. The first-order valence-corrected chi connectivity index (χ1v) is 7.26. The molecule has 0 bridgehead atoms. The molecule has 4 nitrogen and oxygen atoms in total. The van der Waals surface area contributed by atoms with Gasteiger partial charge in [0.1, 0.15) is 0 Å². The largest absolute Gasteiger partial charge is 0.376 e. The lowest BCUT2D eigenvalue weighted by Gasteiger charge is -2.04. The van der Waals surface area contributed by atoms with E-state index in [2.05, 4.69) is 31.8 Å². The van der Waals surface area contributed by atoms with Gasteiger partial charge < -0.3 is 5.32 Å². The van der Waals surface area contributed by atoms with E-state index in [1.807, 2.05) is 41.8 Å². The van der Waals surface area contributed by atoms with Crippen LogP contribution in [0.15, 0.2) is 51.4 Å². The van der Waals surface area contributed by atoms with Crippen molar-refractivity contribution in [3.63, 3.8) is 0 Å². The molecular formula is C13H12BrN3OS. The number of halogens is 1. The van der Waals surface area contributed by atoms with Crippen LogP contribution in [-0.2, 0) is 4.79 Å². The molecular weight excluding hydrogens is 326 g/mol. The molecule has 19 heavy (non-hydrogen) atoms. The van der Waals surface area contributed by atoms with Gasteiger partial charge in [-0.2, -0.15) is 5.10 Å². The Balaban J connectivity index is 1.74. The predicted molar refractivity (Wildman–Crippen MR) is 82.7 cm³/mol. The molecule has 0 spiro atoms. The summed E-state index contributed by atoms with van der Waals surface area (Å²) in [7, 11) is 0. The summed E-state index contributed by atoms with van der Waals surface area (Å²) in [6.07, 6.45) is 1.63. The Morgan fingerprint density at radius 2 is 2.11 bits per heavy atom. The van der Waals surface area contributed by atoms with Crippen LogP contribution in [0.3, 0.4) is 0 Å². The summed E-state index contributed by atoms with van der Waals surface area (Å²) in [5.74, 6) is -0.185. The van der Waals surface area contributed by atoms with Gasteiger partial charge in [-0.05, 0) is 35.7 Å². The summed E-state index contributed by atoms with van der Waals surface area (Å²) >= 11 is 4.92. The molecule has 0 saturated carbocycles. The van der Waals surface area contributed by atoms with E-state index in [4.69, 9.17) is 0 Å². The maximum absolute atomic E-state index is 11.5. The number of benzene rings is 1. The van der Waals surface area contributed by atoms with Crippen LogP contribution in [0.4, 0.5) is 5.69 Å². The molecule has 1 amide bonds. The highest BCUT2D eigenvalue weighted by molar-refractivity contribution is 9.10. The first kappa shape index (κ1) is 13.8. The van der Waals surface area contributed by atoms with Gasteiger partial charge in [-0.1, -0.05) is 22.0 Å². The van der Waals surface area contributed by atoms with Gasteiger partial charge in [-0.25, -0.2) is 5.43 Å². The number of carbonyl (C=O) groups excluding carboxylic acids is 1. The SMILES string of the molecule is O=C(CNc1ccc(Br)cc1)N/N=C\c1cccs1. The average molecular weight is 338 g/mol. The Kier molecular flexibility index (Phi) is 5.11. The molecule has 0 fully saturated rings. The highest BCUT2D eigenvalue weighted by atomic mass is 79.9. The zero-order valence-electron chi connectivity index (χ0n) is 9.97. The fourth-order valence-corrected chi connectivity index (χ4v) is 2.17. The molecule has 2 N–H and O–H groups in total. The molecule has 2 aromatic rings. The standard InChI is InChI=1S/C13H12BrN3OS/c14-10-3-5-11(6-4-10)15-9-13(18)17-16-8-12-2-1-7-19-12/h1-8,15H,9H2,(H,17,18)/b16-8-. The Bertz CT molecular complexity index is 552. The molecule has 6 heteroatoms. The zero-order chi connectivity index (χ0) is 13.5. The number of carbonyl (C=O) groups is 1. The van der Waals surface area contributed by atoms with Crippen LogP contribution in [0.5, 0.6) is 0 Å². The van der Waals surface area contributed by atoms with Crippen molar-refractivity contribution in [2.24, 2.45) is 5.10 Å². The average Bonchev–Trinajstić information content (AvgIpc) is 2.91. The van der Waals surface area contributed by atoms with Crippen molar-refractivity contribution < 1.29 is 4.79 Å². The van der Waals surface area contributed by atoms with Crippen molar-refractivity contribution in [2.45, 2.75) is 0 Å². The second kappa shape index (κ2) is 7.06. The van der Waals surface area contributed by atoms with Crippen LogP contribution in [0.2, 0.25) is 0 Å². The molecule has 0 radical (unpaired) electrons. The second-order valence-electron chi connectivity index (χ2n) is 3.67. The van der Waals surface area contributed by atoms with E-state index in [-0.39, 0.29) is 12.5 Å². The molecule has 0 aliphatic carbocycles. The van der Waals surface area contributed by atoms with E-state index in [1.165, 1.54) is 0 Å². The lowest BCUT2D eigenvalue weighted by atomic mass is 10.3. The van der Waals surface area contributed by atoms with Crippen LogP contribution in [0.1, 0.15) is 4.88 Å². The number of thiophene rings is 1. The van der Waals surface area contributed by atoms with E-state index in [9.17, 15) is 4.79 Å². The lowest BCUT2D eigenvalue weighted by Crippen LogP contribution is -2.25. The Morgan fingerprint density at radius 3 is 2.79 bits per heavy atom. The predicted octanol–water partition coefficient (Wildman–Crippen LogP) is 3.07. The summed E-state index contributed by atoms with van der Waals surface area (Å²) in [5, 5.41) is 8.85. The molecule has 1 heterocycles. The van der Waals surface area contributed by atoms with Crippen LogP contribution >= 0.6 is 27.3 Å². The van der Waals surface area contributed by atoms with E-state index in [0.717, 1.165) is 15.0 Å². The summed E-state index contributed by atoms with van der Waals surface area (Å²) in [5.41, 5.74) is 3.36. The molecule has 0 aliphatic rings. The summed E-state index contributed by atoms with van der Waals surface area (Å²) < 4.78 is 1.00. The van der Waals surface area contributed by atoms with Crippen LogP contribution in [0, 0.1) is 0 Å². The number of rotatable bonds is 5. The number of hydrogen-bond donors (Lipinski definition) is 2. The van der Waals surface area contributed by atoms with Crippen molar-refractivity contribution in [2.75, 3.05) is 11.9 Å². The minimum absolute atomic E-state index is 0.184. The van der Waals surface area contributed by atoms with E-state index in [1.54, 1.807) is 17.6 Å². The van der Waals surface area contributed by atoms with Crippen molar-refractivity contribution in [1.82, 2.24) is 5.43 Å². The quantitative estimate of drug-likeness (QED) is 0.650. The van der Waals surface area contributed by atoms with Gasteiger partial charge in [0.2, 0.25) is 0 Å². The third-order valence-corrected chi connectivity index (χ3v) is 3.56. The third-order valence-electron chi connectivity index (χ3n) is 2.22. The molecule has 98 valence electrons. The molecule has 1 aromatic heterocycles. The van der Waals surface area contributed by atoms with Gasteiger partial charge in [-0.3, -0.25) is 4.79 Å². The van der Waals surface area contributed by atoms with E-state index >= 15 is 0 Å². The van der Waals surface area contributed by atoms with E-state index < -0.39 is 0 Å². The van der Waals surface area contributed by atoms with Gasteiger partial charge in [0, 0.05) is 15.0 Å². The van der Waals surface area contributed by atoms with Crippen LogP contribution in [0.25, 0.3) is 0 Å². The number of hydrogen-bond acceptors (Lipinski definition) is 4. The van der Waals surface area contributed by atoms with E-state index in [0.29, 0.717) is 0 Å². The monoisotopic (exact) mass is 337 g/mol. The Morgan fingerprint density at radius 1 is 1.32 bits per heavy atom. The zero-order valence-corrected chi connectivity index (χ0v) is 12.4. The number of anilines is 1. The molecule has 0 aliphatic heterocycles.